The molecule has 2 rings (SSSR count). The molecule has 0 aromatic heterocycles. The Morgan fingerprint density at radius 2 is 1.80 bits per heavy atom. The van der Waals surface area contributed by atoms with Gasteiger partial charge in [-0.2, -0.15) is 0 Å². The van der Waals surface area contributed by atoms with E-state index in [4.69, 9.17) is 9.31 Å². The Hall–Kier alpha value is -1.28. The zero-order valence-corrected chi connectivity index (χ0v) is 14.3. The molecule has 3 nitrogen and oxygen atoms in total. The topological polar surface area (TPSA) is 27.7 Å². The van der Waals surface area contributed by atoms with E-state index in [1.165, 1.54) is 31.7 Å². The first kappa shape index (κ1) is 20.0. The summed E-state index contributed by atoms with van der Waals surface area (Å²) >= 11 is 0. The molecule has 0 unspecified atom stereocenters. The van der Waals surface area contributed by atoms with Crippen LogP contribution in [0.2, 0.25) is 0 Å². The molecule has 0 spiro atoms. The first-order valence-corrected chi connectivity index (χ1v) is 8.67. The lowest BCUT2D eigenvalue weighted by molar-refractivity contribution is -0.275. The molecule has 0 amide bonds. The Kier molecular flexibility index (Phi) is 7.56. The summed E-state index contributed by atoms with van der Waals surface area (Å²) in [6.45, 7) is 3.18. The van der Waals surface area contributed by atoms with Gasteiger partial charge in [0.2, 0.25) is 0 Å². The number of benzene rings is 1. The smallest absolute Gasteiger partial charge is 0.407 e. The molecular formula is C17H23BF4O3. The molecule has 0 saturated carbocycles. The lowest BCUT2D eigenvalue weighted by atomic mass is 9.77. The highest BCUT2D eigenvalue weighted by Gasteiger charge is 2.34. The summed E-state index contributed by atoms with van der Waals surface area (Å²) in [5.74, 6) is -1.66. The highest BCUT2D eigenvalue weighted by atomic mass is 19.4. The number of ether oxygens (including phenoxy) is 1. The highest BCUT2D eigenvalue weighted by Crippen LogP contribution is 2.25. The lowest BCUT2D eigenvalue weighted by Crippen LogP contribution is -2.44. The summed E-state index contributed by atoms with van der Waals surface area (Å²) in [6.07, 6.45) is 2.10. The number of hydrogen-bond donors (Lipinski definition) is 0. The number of unbranched alkanes of at least 4 members (excludes halogenated alkanes) is 4. The van der Waals surface area contributed by atoms with Crippen molar-refractivity contribution in [3.05, 3.63) is 24.0 Å². The summed E-state index contributed by atoms with van der Waals surface area (Å²) in [5.41, 5.74) is 0.341. The predicted octanol–water partition coefficient (Wildman–Crippen LogP) is 4.44. The molecule has 0 bridgehead atoms. The summed E-state index contributed by atoms with van der Waals surface area (Å²) in [5, 5.41) is 0. The second-order valence-electron chi connectivity index (χ2n) is 6.31. The van der Waals surface area contributed by atoms with E-state index >= 15 is 0 Å². The van der Waals surface area contributed by atoms with Crippen molar-refractivity contribution in [3.63, 3.8) is 0 Å². The second kappa shape index (κ2) is 9.43. The molecule has 25 heavy (non-hydrogen) atoms. The van der Waals surface area contributed by atoms with Crippen molar-refractivity contribution in [2.24, 2.45) is 5.92 Å². The number of rotatable bonds is 8. The quantitative estimate of drug-likeness (QED) is 0.389. The summed E-state index contributed by atoms with van der Waals surface area (Å²) in [6, 6.07) is 3.21. The van der Waals surface area contributed by atoms with E-state index < -0.39 is 25.0 Å². The summed E-state index contributed by atoms with van der Waals surface area (Å²) in [4.78, 5) is 0. The maximum Gasteiger partial charge on any atom is 0.573 e. The Balaban J connectivity index is 1.79. The minimum atomic E-state index is -4.93. The van der Waals surface area contributed by atoms with E-state index in [-0.39, 0.29) is 0 Å². The Bertz CT molecular complexity index is 531. The molecule has 0 atom stereocenters. The molecular weight excluding hydrogens is 339 g/mol. The van der Waals surface area contributed by atoms with Crippen molar-refractivity contribution < 1.29 is 31.6 Å². The molecule has 1 aromatic carbocycles. The van der Waals surface area contributed by atoms with Crippen LogP contribution in [0.5, 0.6) is 5.75 Å². The SMILES string of the molecule is CCCCCCCC1COB(c2ccc(OC(F)(F)F)c(F)c2)OC1. The number of hydrogen-bond acceptors (Lipinski definition) is 3. The van der Waals surface area contributed by atoms with Crippen LogP contribution in [0, 0.1) is 11.7 Å². The molecule has 1 aromatic rings. The molecule has 1 aliphatic rings. The first-order chi connectivity index (χ1) is 11.9. The van der Waals surface area contributed by atoms with Crippen molar-refractivity contribution in [3.8, 4) is 5.75 Å². The maximum absolute atomic E-state index is 13.7. The van der Waals surface area contributed by atoms with E-state index in [2.05, 4.69) is 11.7 Å². The van der Waals surface area contributed by atoms with Gasteiger partial charge in [0.1, 0.15) is 0 Å². The average molecular weight is 362 g/mol. The van der Waals surface area contributed by atoms with E-state index in [9.17, 15) is 17.6 Å². The maximum atomic E-state index is 13.7. The van der Waals surface area contributed by atoms with E-state index in [1.807, 2.05) is 0 Å². The van der Waals surface area contributed by atoms with Gasteiger partial charge in [-0.15, -0.1) is 13.2 Å². The molecule has 0 N–H and O–H groups in total. The van der Waals surface area contributed by atoms with Crippen LogP contribution in [0.4, 0.5) is 17.6 Å². The Morgan fingerprint density at radius 1 is 1.12 bits per heavy atom. The van der Waals surface area contributed by atoms with Crippen LogP contribution in [-0.4, -0.2) is 26.7 Å². The summed E-state index contributed by atoms with van der Waals surface area (Å²) in [7, 11) is -0.759. The Labute approximate surface area is 145 Å². The van der Waals surface area contributed by atoms with Crippen LogP contribution in [0.15, 0.2) is 18.2 Å². The van der Waals surface area contributed by atoms with Crippen LogP contribution < -0.4 is 10.2 Å². The lowest BCUT2D eigenvalue weighted by Gasteiger charge is -2.27. The van der Waals surface area contributed by atoms with Gasteiger partial charge < -0.3 is 14.0 Å². The standard InChI is InChI=1S/C17H23BF4O3/c1-2-3-4-5-6-7-13-11-23-18(24-12-13)14-8-9-16(15(19)10-14)25-17(20,21)22/h8-10,13H,2-7,11-12H2,1H3. The van der Waals surface area contributed by atoms with Crippen LogP contribution in [0.25, 0.3) is 0 Å². The fraction of sp³-hybridized carbons (Fsp3) is 0.647. The van der Waals surface area contributed by atoms with E-state index in [0.717, 1.165) is 25.0 Å². The van der Waals surface area contributed by atoms with Gasteiger partial charge in [-0.25, -0.2) is 4.39 Å². The largest absolute Gasteiger partial charge is 0.573 e. The first-order valence-electron chi connectivity index (χ1n) is 8.67. The molecule has 1 heterocycles. The molecule has 140 valence electrons. The van der Waals surface area contributed by atoms with Gasteiger partial charge in [-0.05, 0) is 24.0 Å². The second-order valence-corrected chi connectivity index (χ2v) is 6.31. The predicted molar refractivity (Wildman–Crippen MR) is 87.2 cm³/mol. The van der Waals surface area contributed by atoms with Crippen LogP contribution in [-0.2, 0) is 9.31 Å². The van der Waals surface area contributed by atoms with Gasteiger partial charge in [0.25, 0.3) is 0 Å². The fourth-order valence-corrected chi connectivity index (χ4v) is 2.81. The third-order valence-electron chi connectivity index (χ3n) is 4.14. The van der Waals surface area contributed by atoms with Gasteiger partial charge >= 0.3 is 13.5 Å². The van der Waals surface area contributed by atoms with Crippen molar-refractivity contribution in [2.75, 3.05) is 13.2 Å². The van der Waals surface area contributed by atoms with Crippen LogP contribution >= 0.6 is 0 Å². The zero-order valence-electron chi connectivity index (χ0n) is 14.3. The van der Waals surface area contributed by atoms with E-state index in [1.54, 1.807) is 0 Å². The van der Waals surface area contributed by atoms with Gasteiger partial charge in [-0.1, -0.05) is 45.1 Å². The van der Waals surface area contributed by atoms with Crippen LogP contribution in [0.3, 0.4) is 0 Å². The van der Waals surface area contributed by atoms with Gasteiger partial charge in [-0.3, -0.25) is 0 Å². The third kappa shape index (κ3) is 6.86. The highest BCUT2D eigenvalue weighted by molar-refractivity contribution is 6.61. The van der Waals surface area contributed by atoms with Gasteiger partial charge in [0.15, 0.2) is 11.6 Å². The van der Waals surface area contributed by atoms with Crippen molar-refractivity contribution in [1.82, 2.24) is 0 Å². The average Bonchev–Trinajstić information content (AvgIpc) is 2.56. The summed E-state index contributed by atoms with van der Waals surface area (Å²) < 4.78 is 65.0. The normalized spacial score (nSPS) is 16.3. The molecule has 1 saturated heterocycles. The Morgan fingerprint density at radius 3 is 2.40 bits per heavy atom. The van der Waals surface area contributed by atoms with Crippen molar-refractivity contribution in [1.29, 1.82) is 0 Å². The van der Waals surface area contributed by atoms with Gasteiger partial charge in [0, 0.05) is 19.1 Å². The molecule has 1 aliphatic heterocycles. The zero-order chi connectivity index (χ0) is 18.3. The van der Waals surface area contributed by atoms with E-state index in [0.29, 0.717) is 24.6 Å². The minimum absolute atomic E-state index is 0.301. The van der Waals surface area contributed by atoms with Crippen molar-refractivity contribution in [2.45, 2.75) is 51.8 Å². The third-order valence-corrected chi connectivity index (χ3v) is 4.14. The minimum Gasteiger partial charge on any atom is -0.407 e. The molecule has 8 heteroatoms. The molecule has 0 radical (unpaired) electrons. The van der Waals surface area contributed by atoms with Crippen molar-refractivity contribution >= 4 is 12.6 Å². The molecule has 0 aliphatic carbocycles. The number of halogens is 4. The fourth-order valence-electron chi connectivity index (χ4n) is 2.81. The van der Waals surface area contributed by atoms with Crippen LogP contribution in [0.1, 0.15) is 45.4 Å². The monoisotopic (exact) mass is 362 g/mol. The van der Waals surface area contributed by atoms with Gasteiger partial charge in [0.05, 0.1) is 0 Å². The molecule has 1 fully saturated rings. The number of alkyl halides is 3.